The van der Waals surface area contributed by atoms with Gasteiger partial charge in [-0.3, -0.25) is 4.79 Å². The van der Waals surface area contributed by atoms with Crippen LogP contribution >= 0.6 is 11.6 Å². The van der Waals surface area contributed by atoms with Crippen molar-refractivity contribution in [2.45, 2.75) is 25.7 Å². The van der Waals surface area contributed by atoms with Crippen LogP contribution in [0.1, 0.15) is 30.0 Å². The molecule has 0 aliphatic carbocycles. The minimum Gasteiger partial charge on any atom is -0.466 e. The Morgan fingerprint density at radius 1 is 1.50 bits per heavy atom. The van der Waals surface area contributed by atoms with Crippen molar-refractivity contribution in [2.75, 3.05) is 6.61 Å². The summed E-state index contributed by atoms with van der Waals surface area (Å²) in [5, 5.41) is 0. The molecule has 0 unspecified atom stereocenters. The number of rotatable bonds is 5. The summed E-state index contributed by atoms with van der Waals surface area (Å²) in [5.41, 5.74) is -0.839. The van der Waals surface area contributed by atoms with Crippen LogP contribution in [0, 0.1) is 5.95 Å². The van der Waals surface area contributed by atoms with Gasteiger partial charge in [0, 0.05) is 17.3 Å². The van der Waals surface area contributed by atoms with E-state index in [1.165, 1.54) is 0 Å². The van der Waals surface area contributed by atoms with Crippen LogP contribution in [0.25, 0.3) is 0 Å². The van der Waals surface area contributed by atoms with Crippen LogP contribution in [-0.4, -0.2) is 17.6 Å². The predicted octanol–water partition coefficient (Wildman–Crippen LogP) is 3.00. The van der Waals surface area contributed by atoms with E-state index < -0.39 is 30.3 Å². The number of esters is 1. The highest BCUT2D eigenvalue weighted by molar-refractivity contribution is 6.17. The van der Waals surface area contributed by atoms with Crippen molar-refractivity contribution >= 4 is 17.6 Å². The number of aromatic nitrogens is 1. The van der Waals surface area contributed by atoms with Gasteiger partial charge in [-0.25, -0.2) is 13.8 Å². The quantitative estimate of drug-likeness (QED) is 0.473. The second-order valence-electron chi connectivity index (χ2n) is 3.38. The Labute approximate surface area is 107 Å². The molecular formula is C11H11ClF3NO2. The number of alkyl halides is 3. The molecule has 0 aliphatic heterocycles. The molecule has 7 heteroatoms. The van der Waals surface area contributed by atoms with E-state index in [1.807, 2.05) is 0 Å². The van der Waals surface area contributed by atoms with Gasteiger partial charge in [-0.1, -0.05) is 0 Å². The summed E-state index contributed by atoms with van der Waals surface area (Å²) in [5.74, 6) is -2.00. The van der Waals surface area contributed by atoms with E-state index in [2.05, 4.69) is 9.72 Å². The van der Waals surface area contributed by atoms with E-state index in [4.69, 9.17) is 11.6 Å². The van der Waals surface area contributed by atoms with Crippen LogP contribution in [0.2, 0.25) is 0 Å². The molecule has 1 rings (SSSR count). The third-order valence-electron chi connectivity index (χ3n) is 2.27. The average Bonchev–Trinajstić information content (AvgIpc) is 2.29. The lowest BCUT2D eigenvalue weighted by Crippen LogP contribution is -2.13. The minimum atomic E-state index is -2.86. The van der Waals surface area contributed by atoms with Crippen molar-refractivity contribution < 1.29 is 22.7 Å². The molecule has 0 atom stereocenters. The highest BCUT2D eigenvalue weighted by atomic mass is 35.5. The monoisotopic (exact) mass is 281 g/mol. The Balaban J connectivity index is 3.19. The van der Waals surface area contributed by atoms with Crippen molar-refractivity contribution in [2.24, 2.45) is 0 Å². The molecular weight excluding hydrogens is 271 g/mol. The Hall–Kier alpha value is -1.30. The van der Waals surface area contributed by atoms with Crippen molar-refractivity contribution in [1.29, 1.82) is 0 Å². The maximum Gasteiger partial charge on any atom is 0.310 e. The molecule has 1 aromatic rings. The molecule has 0 aliphatic rings. The first kappa shape index (κ1) is 14.8. The second-order valence-corrected chi connectivity index (χ2v) is 3.64. The molecule has 0 amide bonds. The minimum absolute atomic E-state index is 0.118. The summed E-state index contributed by atoms with van der Waals surface area (Å²) in [4.78, 5) is 14.5. The Morgan fingerprint density at radius 2 is 2.17 bits per heavy atom. The first-order chi connectivity index (χ1) is 8.51. The van der Waals surface area contributed by atoms with Crippen molar-refractivity contribution in [3.8, 4) is 0 Å². The first-order valence-electron chi connectivity index (χ1n) is 5.17. The fraction of sp³-hybridized carbons (Fsp3) is 0.455. The topological polar surface area (TPSA) is 39.2 Å². The molecule has 0 fully saturated rings. The fourth-order valence-electron chi connectivity index (χ4n) is 1.47. The number of halogens is 4. The number of carbonyl (C=O) groups excluding carboxylic acids is 1. The van der Waals surface area contributed by atoms with Crippen LogP contribution in [0.5, 0.6) is 0 Å². The van der Waals surface area contributed by atoms with Gasteiger partial charge in [-0.2, -0.15) is 4.39 Å². The smallest absolute Gasteiger partial charge is 0.310 e. The molecule has 0 saturated carbocycles. The van der Waals surface area contributed by atoms with Crippen molar-refractivity contribution in [3.63, 3.8) is 0 Å². The number of ether oxygens (including phenoxy) is 1. The van der Waals surface area contributed by atoms with Crippen molar-refractivity contribution in [3.05, 3.63) is 28.8 Å². The van der Waals surface area contributed by atoms with Gasteiger partial charge in [0.2, 0.25) is 5.95 Å². The van der Waals surface area contributed by atoms with Gasteiger partial charge < -0.3 is 4.74 Å². The largest absolute Gasteiger partial charge is 0.466 e. The zero-order valence-corrected chi connectivity index (χ0v) is 10.3. The number of pyridine rings is 1. The van der Waals surface area contributed by atoms with E-state index in [1.54, 1.807) is 6.92 Å². The molecule has 100 valence electrons. The molecule has 0 radical (unpaired) electrons. The summed E-state index contributed by atoms with van der Waals surface area (Å²) in [7, 11) is 0. The first-order valence-corrected chi connectivity index (χ1v) is 5.70. The van der Waals surface area contributed by atoms with Crippen LogP contribution in [0.15, 0.2) is 6.20 Å². The molecule has 0 aromatic carbocycles. The maximum absolute atomic E-state index is 13.3. The van der Waals surface area contributed by atoms with Gasteiger partial charge in [0.1, 0.15) is 0 Å². The highest BCUT2D eigenvalue weighted by Gasteiger charge is 2.22. The van der Waals surface area contributed by atoms with Gasteiger partial charge in [0.15, 0.2) is 0 Å². The molecule has 0 N–H and O–H groups in total. The lowest BCUT2D eigenvalue weighted by Gasteiger charge is -2.12. The number of nitrogens with zero attached hydrogens (tertiary/aromatic N) is 1. The van der Waals surface area contributed by atoms with Gasteiger partial charge in [0.05, 0.1) is 18.9 Å². The lowest BCUT2D eigenvalue weighted by atomic mass is 10.0. The number of hydrogen-bond acceptors (Lipinski definition) is 3. The van der Waals surface area contributed by atoms with E-state index >= 15 is 0 Å². The number of carbonyl (C=O) groups is 1. The Kier molecular flexibility index (Phi) is 5.40. The third kappa shape index (κ3) is 3.35. The SMILES string of the molecule is CCOC(=O)Cc1c(C(F)F)cnc(F)c1CCl. The van der Waals surface area contributed by atoms with Crippen LogP contribution in [0.3, 0.4) is 0 Å². The van der Waals surface area contributed by atoms with Gasteiger partial charge in [-0.05, 0) is 12.5 Å². The summed E-state index contributed by atoms with van der Waals surface area (Å²) < 4.78 is 43.5. The van der Waals surface area contributed by atoms with Crippen molar-refractivity contribution in [1.82, 2.24) is 4.98 Å². The summed E-state index contributed by atoms with van der Waals surface area (Å²) >= 11 is 5.50. The molecule has 3 nitrogen and oxygen atoms in total. The normalized spacial score (nSPS) is 10.8. The maximum atomic E-state index is 13.3. The molecule has 0 spiro atoms. The van der Waals surface area contributed by atoms with E-state index in [-0.39, 0.29) is 23.6 Å². The van der Waals surface area contributed by atoms with Crippen LogP contribution < -0.4 is 0 Å². The Morgan fingerprint density at radius 3 is 2.67 bits per heavy atom. The second kappa shape index (κ2) is 6.58. The zero-order valence-electron chi connectivity index (χ0n) is 9.55. The average molecular weight is 282 g/mol. The molecule has 1 heterocycles. The van der Waals surface area contributed by atoms with E-state index in [9.17, 15) is 18.0 Å². The molecule has 1 aromatic heterocycles. The molecule has 0 saturated heterocycles. The zero-order chi connectivity index (χ0) is 13.7. The van der Waals surface area contributed by atoms with Crippen LogP contribution in [-0.2, 0) is 21.8 Å². The molecule has 0 bridgehead atoms. The predicted molar refractivity (Wildman–Crippen MR) is 59.0 cm³/mol. The van der Waals surface area contributed by atoms with Gasteiger partial charge in [-0.15, -0.1) is 11.6 Å². The van der Waals surface area contributed by atoms with E-state index in [0.717, 1.165) is 0 Å². The van der Waals surface area contributed by atoms with Gasteiger partial charge in [0.25, 0.3) is 6.43 Å². The fourth-order valence-corrected chi connectivity index (χ4v) is 1.74. The lowest BCUT2D eigenvalue weighted by molar-refractivity contribution is -0.142. The highest BCUT2D eigenvalue weighted by Crippen LogP contribution is 2.27. The van der Waals surface area contributed by atoms with Gasteiger partial charge >= 0.3 is 5.97 Å². The summed E-state index contributed by atoms with van der Waals surface area (Å²) in [6.45, 7) is 1.70. The molecule has 18 heavy (non-hydrogen) atoms. The third-order valence-corrected chi connectivity index (χ3v) is 2.54. The van der Waals surface area contributed by atoms with E-state index in [0.29, 0.717) is 6.20 Å². The summed E-state index contributed by atoms with van der Waals surface area (Å²) in [6.07, 6.45) is -2.59. The standard InChI is InChI=1S/C11H11ClF3NO2/c1-2-18-9(17)3-6-7(4-12)11(15)16-5-8(6)10(13)14/h5,10H,2-4H2,1H3. The Bertz CT molecular complexity index is 441. The summed E-state index contributed by atoms with van der Waals surface area (Å²) in [6, 6.07) is 0. The van der Waals surface area contributed by atoms with Crippen LogP contribution in [0.4, 0.5) is 13.2 Å². The number of hydrogen-bond donors (Lipinski definition) is 0.